The molecule has 3 nitrogen and oxygen atoms in total. The minimum Gasteiger partial charge on any atom is -0.378 e. The number of fused-ring (bicyclic) bond motifs is 5. The Kier molecular flexibility index (Phi) is 3.91. The Morgan fingerprint density at radius 3 is 2.65 bits per heavy atom. The molecule has 0 radical (unpaired) electrons. The van der Waals surface area contributed by atoms with Crippen LogP contribution in [0.4, 0.5) is 5.69 Å². The molecular formula is C22H25N3S. The number of anilines is 1. The van der Waals surface area contributed by atoms with Crippen LogP contribution in [-0.4, -0.2) is 18.7 Å². The van der Waals surface area contributed by atoms with Crippen LogP contribution in [0.1, 0.15) is 46.1 Å². The number of thiophene rings is 1. The van der Waals surface area contributed by atoms with Crippen LogP contribution in [0.3, 0.4) is 0 Å². The smallest absolute Gasteiger partial charge is 0.104 e. The summed E-state index contributed by atoms with van der Waals surface area (Å²) in [6.45, 7) is 0.961. The van der Waals surface area contributed by atoms with E-state index in [1.165, 1.54) is 53.2 Å². The molecule has 3 aromatic rings. The van der Waals surface area contributed by atoms with Gasteiger partial charge in [-0.15, -0.1) is 11.3 Å². The van der Waals surface area contributed by atoms with Crippen molar-refractivity contribution >= 4 is 17.0 Å². The van der Waals surface area contributed by atoms with E-state index in [-0.39, 0.29) is 6.04 Å². The molecule has 2 aliphatic rings. The number of nitrogens with one attached hydrogen (secondary N) is 1. The monoisotopic (exact) mass is 363 g/mol. The van der Waals surface area contributed by atoms with E-state index in [4.69, 9.17) is 0 Å². The maximum Gasteiger partial charge on any atom is 0.104 e. The van der Waals surface area contributed by atoms with Crippen LogP contribution in [0.2, 0.25) is 0 Å². The van der Waals surface area contributed by atoms with Gasteiger partial charge >= 0.3 is 0 Å². The van der Waals surface area contributed by atoms with Gasteiger partial charge in [-0.2, -0.15) is 0 Å². The maximum atomic E-state index is 3.85. The molecule has 4 heteroatoms. The van der Waals surface area contributed by atoms with E-state index < -0.39 is 0 Å². The third-order valence-electron chi connectivity index (χ3n) is 5.78. The molecule has 2 aromatic heterocycles. The fourth-order valence-electron chi connectivity index (χ4n) is 4.37. The zero-order chi connectivity index (χ0) is 17.7. The highest BCUT2D eigenvalue weighted by Crippen LogP contribution is 2.40. The van der Waals surface area contributed by atoms with Crippen molar-refractivity contribution in [3.63, 3.8) is 0 Å². The summed E-state index contributed by atoms with van der Waals surface area (Å²) in [5, 5.41) is 5.30. The highest BCUT2D eigenvalue weighted by molar-refractivity contribution is 7.15. The second-order valence-electron chi connectivity index (χ2n) is 7.60. The number of hydrogen-bond donors (Lipinski definition) is 1. The Labute approximate surface area is 159 Å². The number of benzene rings is 1. The van der Waals surface area contributed by atoms with Crippen molar-refractivity contribution in [1.82, 2.24) is 9.88 Å². The van der Waals surface area contributed by atoms with E-state index in [1.54, 1.807) is 10.4 Å². The maximum absolute atomic E-state index is 3.85. The first-order chi connectivity index (χ1) is 12.7. The Hall–Kier alpha value is -2.04. The molecule has 0 saturated heterocycles. The van der Waals surface area contributed by atoms with Crippen LogP contribution in [0, 0.1) is 0 Å². The standard InChI is InChI=1S/C22H25N3S/c1-24(2)16-11-9-15(10-12-16)21-19-7-5-13-25(19)22-18(14-23-21)17-6-3-4-8-20(17)26-22/h5,7,9-13,21,23H,3-4,6,8,14H2,1-2H3/t21-/m0/s1. The Morgan fingerprint density at radius 2 is 1.85 bits per heavy atom. The molecule has 1 aromatic carbocycles. The SMILES string of the molecule is CN(C)c1ccc([C@@H]2NCc3c(sc4c3CCCC4)-n3cccc32)cc1. The summed E-state index contributed by atoms with van der Waals surface area (Å²) in [6, 6.07) is 13.6. The van der Waals surface area contributed by atoms with Gasteiger partial charge in [0.25, 0.3) is 0 Å². The summed E-state index contributed by atoms with van der Waals surface area (Å²) >= 11 is 2.02. The average Bonchev–Trinajstić information content (AvgIpc) is 3.24. The number of rotatable bonds is 2. The number of nitrogens with zero attached hydrogens (tertiary/aromatic N) is 2. The summed E-state index contributed by atoms with van der Waals surface area (Å²) in [7, 11) is 4.18. The van der Waals surface area contributed by atoms with Gasteiger partial charge in [-0.25, -0.2) is 0 Å². The third-order valence-corrected chi connectivity index (χ3v) is 7.11. The van der Waals surface area contributed by atoms with Crippen LogP contribution < -0.4 is 10.2 Å². The van der Waals surface area contributed by atoms with Gasteiger partial charge in [-0.1, -0.05) is 12.1 Å². The summed E-state index contributed by atoms with van der Waals surface area (Å²) in [4.78, 5) is 3.77. The molecular weight excluding hydrogens is 338 g/mol. The predicted molar refractivity (Wildman–Crippen MR) is 110 cm³/mol. The lowest BCUT2D eigenvalue weighted by Gasteiger charge is -2.20. The van der Waals surface area contributed by atoms with E-state index >= 15 is 0 Å². The Bertz CT molecular complexity index is 933. The van der Waals surface area contributed by atoms with Gasteiger partial charge in [0.2, 0.25) is 0 Å². The molecule has 0 fully saturated rings. The van der Waals surface area contributed by atoms with Gasteiger partial charge in [0.1, 0.15) is 5.00 Å². The van der Waals surface area contributed by atoms with E-state index in [1.807, 2.05) is 11.3 Å². The van der Waals surface area contributed by atoms with Crippen molar-refractivity contribution in [2.75, 3.05) is 19.0 Å². The second-order valence-corrected chi connectivity index (χ2v) is 8.68. The average molecular weight is 364 g/mol. The highest BCUT2D eigenvalue weighted by atomic mass is 32.1. The largest absolute Gasteiger partial charge is 0.378 e. The lowest BCUT2D eigenvalue weighted by molar-refractivity contribution is 0.595. The lowest BCUT2D eigenvalue weighted by Crippen LogP contribution is -2.22. The first-order valence-corrected chi connectivity index (χ1v) is 10.4. The minimum absolute atomic E-state index is 0.236. The van der Waals surface area contributed by atoms with Crippen LogP contribution in [0.15, 0.2) is 42.6 Å². The topological polar surface area (TPSA) is 20.2 Å². The normalized spacial score (nSPS) is 18.6. The van der Waals surface area contributed by atoms with Gasteiger partial charge in [-0.3, -0.25) is 0 Å². The third kappa shape index (κ3) is 2.51. The zero-order valence-corrected chi connectivity index (χ0v) is 16.3. The van der Waals surface area contributed by atoms with Crippen LogP contribution >= 0.6 is 11.3 Å². The molecule has 3 heterocycles. The van der Waals surface area contributed by atoms with E-state index in [2.05, 4.69) is 71.5 Å². The Morgan fingerprint density at radius 1 is 1.04 bits per heavy atom. The molecule has 1 N–H and O–H groups in total. The zero-order valence-electron chi connectivity index (χ0n) is 15.5. The van der Waals surface area contributed by atoms with Crippen molar-refractivity contribution in [3.8, 4) is 5.00 Å². The Balaban J connectivity index is 1.57. The molecule has 0 bridgehead atoms. The number of aryl methyl sites for hydroxylation is 1. The molecule has 0 saturated carbocycles. The molecule has 0 spiro atoms. The van der Waals surface area contributed by atoms with Gasteiger partial charge in [0.05, 0.1) is 6.04 Å². The molecule has 5 rings (SSSR count). The van der Waals surface area contributed by atoms with Crippen molar-refractivity contribution in [1.29, 1.82) is 0 Å². The van der Waals surface area contributed by atoms with Gasteiger partial charge < -0.3 is 14.8 Å². The first-order valence-electron chi connectivity index (χ1n) is 9.54. The first kappa shape index (κ1) is 16.2. The molecule has 0 unspecified atom stereocenters. The van der Waals surface area contributed by atoms with E-state index in [9.17, 15) is 0 Å². The molecule has 1 atom stereocenters. The van der Waals surface area contributed by atoms with Crippen molar-refractivity contribution in [2.45, 2.75) is 38.3 Å². The van der Waals surface area contributed by atoms with Gasteiger partial charge in [0.15, 0.2) is 0 Å². The summed E-state index contributed by atoms with van der Waals surface area (Å²) < 4.78 is 2.43. The summed E-state index contributed by atoms with van der Waals surface area (Å²) in [6.07, 6.45) is 7.44. The molecule has 134 valence electrons. The highest BCUT2D eigenvalue weighted by Gasteiger charge is 2.28. The van der Waals surface area contributed by atoms with Crippen LogP contribution in [-0.2, 0) is 19.4 Å². The quantitative estimate of drug-likeness (QED) is 0.714. The van der Waals surface area contributed by atoms with Crippen LogP contribution in [0.5, 0.6) is 0 Å². The predicted octanol–water partition coefficient (Wildman–Crippen LogP) is 4.68. The summed E-state index contributed by atoms with van der Waals surface area (Å²) in [5.74, 6) is 0. The fourth-order valence-corrected chi connectivity index (χ4v) is 5.78. The van der Waals surface area contributed by atoms with Crippen LogP contribution in [0.25, 0.3) is 5.00 Å². The van der Waals surface area contributed by atoms with E-state index in [0.29, 0.717) is 0 Å². The molecule has 26 heavy (non-hydrogen) atoms. The number of hydrogen-bond acceptors (Lipinski definition) is 3. The van der Waals surface area contributed by atoms with Crippen molar-refractivity contribution < 1.29 is 0 Å². The van der Waals surface area contributed by atoms with Crippen molar-refractivity contribution in [3.05, 3.63) is 69.9 Å². The number of aromatic nitrogens is 1. The molecule has 1 aliphatic carbocycles. The van der Waals surface area contributed by atoms with Gasteiger partial charge in [-0.05, 0) is 61.1 Å². The van der Waals surface area contributed by atoms with Crippen molar-refractivity contribution in [2.24, 2.45) is 0 Å². The lowest BCUT2D eigenvalue weighted by atomic mass is 9.95. The summed E-state index contributed by atoms with van der Waals surface area (Å²) in [5.41, 5.74) is 7.09. The molecule has 0 amide bonds. The van der Waals surface area contributed by atoms with E-state index in [0.717, 1.165) is 6.54 Å². The fraction of sp³-hybridized carbons (Fsp3) is 0.364. The second kappa shape index (κ2) is 6.29. The molecule has 1 aliphatic heterocycles. The minimum atomic E-state index is 0.236. The van der Waals surface area contributed by atoms with Gasteiger partial charge in [0, 0.05) is 48.7 Å².